The molecule has 2 aromatic rings. The van der Waals surface area contributed by atoms with E-state index in [9.17, 15) is 4.79 Å². The van der Waals surface area contributed by atoms with E-state index in [-0.39, 0.29) is 5.91 Å². The Kier molecular flexibility index (Phi) is 6.79. The fourth-order valence-electron chi connectivity index (χ4n) is 2.54. The molecule has 0 aliphatic rings. The molecule has 0 saturated carbocycles. The van der Waals surface area contributed by atoms with Crippen LogP contribution in [0.2, 0.25) is 0 Å². The van der Waals surface area contributed by atoms with Crippen LogP contribution in [0.25, 0.3) is 0 Å². The van der Waals surface area contributed by atoms with E-state index in [0.29, 0.717) is 5.56 Å². The lowest BCUT2D eigenvalue weighted by molar-refractivity contribution is 0.0755. The van der Waals surface area contributed by atoms with Crippen molar-refractivity contribution in [1.29, 1.82) is 0 Å². The molecule has 0 spiro atoms. The van der Waals surface area contributed by atoms with Crippen molar-refractivity contribution < 1.29 is 4.79 Å². The summed E-state index contributed by atoms with van der Waals surface area (Å²) in [6, 6.07) is 7.96. The third-order valence-electron chi connectivity index (χ3n) is 3.66. The predicted molar refractivity (Wildman–Crippen MR) is 103 cm³/mol. The number of halogens is 1. The van der Waals surface area contributed by atoms with Gasteiger partial charge in [-0.15, -0.1) is 0 Å². The van der Waals surface area contributed by atoms with E-state index < -0.39 is 0 Å². The molecule has 0 atom stereocenters. The van der Waals surface area contributed by atoms with Gasteiger partial charge in [0.15, 0.2) is 0 Å². The number of carbonyl (C=O) groups is 1. The van der Waals surface area contributed by atoms with Gasteiger partial charge in [-0.1, -0.05) is 19.9 Å². The average Bonchev–Trinajstić information content (AvgIpc) is 2.57. The van der Waals surface area contributed by atoms with E-state index in [1.165, 1.54) is 5.56 Å². The highest BCUT2D eigenvalue weighted by Gasteiger charge is 2.15. The van der Waals surface area contributed by atoms with Crippen LogP contribution in [0.15, 0.2) is 41.1 Å². The van der Waals surface area contributed by atoms with Gasteiger partial charge in [-0.2, -0.15) is 0 Å². The molecule has 1 heterocycles. The Balaban J connectivity index is 2.20. The summed E-state index contributed by atoms with van der Waals surface area (Å²) in [4.78, 5) is 18.8. The number of rotatable bonds is 7. The summed E-state index contributed by atoms with van der Waals surface area (Å²) < 4.78 is 0.984. The summed E-state index contributed by atoms with van der Waals surface area (Å²) in [6.45, 7) is 7.76. The van der Waals surface area contributed by atoms with Crippen LogP contribution < -0.4 is 5.32 Å². The molecular formula is C19H24BrN3O. The molecule has 0 bridgehead atoms. The van der Waals surface area contributed by atoms with Crippen LogP contribution in [0.3, 0.4) is 0 Å². The molecule has 1 aromatic carbocycles. The van der Waals surface area contributed by atoms with Gasteiger partial charge in [-0.25, -0.2) is 0 Å². The minimum Gasteiger partial charge on any atom is -0.353 e. The number of aromatic nitrogens is 1. The molecule has 0 fully saturated rings. The number of anilines is 2. The third kappa shape index (κ3) is 4.81. The van der Waals surface area contributed by atoms with Crippen molar-refractivity contribution in [2.24, 2.45) is 0 Å². The molecule has 1 amide bonds. The van der Waals surface area contributed by atoms with Crippen molar-refractivity contribution in [3.63, 3.8) is 0 Å². The lowest BCUT2D eigenvalue weighted by Gasteiger charge is -2.21. The predicted octanol–water partition coefficient (Wildman–Crippen LogP) is 5.16. The Morgan fingerprint density at radius 1 is 1.17 bits per heavy atom. The fraction of sp³-hybridized carbons (Fsp3) is 0.368. The van der Waals surface area contributed by atoms with Gasteiger partial charge in [0.05, 0.1) is 23.1 Å². The minimum atomic E-state index is 0.0396. The van der Waals surface area contributed by atoms with Crippen molar-refractivity contribution in [3.8, 4) is 0 Å². The first-order valence-corrected chi connectivity index (χ1v) is 9.12. The summed E-state index contributed by atoms with van der Waals surface area (Å²) in [6.07, 6.45) is 5.27. The lowest BCUT2D eigenvalue weighted by Crippen LogP contribution is -2.32. The van der Waals surface area contributed by atoms with Crippen LogP contribution in [-0.4, -0.2) is 28.9 Å². The van der Waals surface area contributed by atoms with E-state index in [0.717, 1.165) is 41.8 Å². The highest BCUT2D eigenvalue weighted by Crippen LogP contribution is 2.27. The number of pyridine rings is 1. The van der Waals surface area contributed by atoms with E-state index >= 15 is 0 Å². The molecule has 5 heteroatoms. The van der Waals surface area contributed by atoms with Gasteiger partial charge in [-0.05, 0) is 59.5 Å². The number of aryl methyl sites for hydroxylation is 1. The monoisotopic (exact) mass is 389 g/mol. The second kappa shape index (κ2) is 8.83. The molecule has 128 valence electrons. The summed E-state index contributed by atoms with van der Waals surface area (Å²) in [5.41, 5.74) is 3.55. The normalized spacial score (nSPS) is 10.5. The van der Waals surface area contributed by atoms with Gasteiger partial charge in [0, 0.05) is 23.8 Å². The van der Waals surface area contributed by atoms with Crippen molar-refractivity contribution in [2.45, 2.75) is 33.6 Å². The van der Waals surface area contributed by atoms with Gasteiger partial charge in [0.2, 0.25) is 0 Å². The van der Waals surface area contributed by atoms with Gasteiger partial charge in [0.1, 0.15) is 0 Å². The summed E-state index contributed by atoms with van der Waals surface area (Å²) >= 11 is 3.56. The van der Waals surface area contributed by atoms with E-state index in [1.807, 2.05) is 30.0 Å². The Morgan fingerprint density at radius 3 is 2.50 bits per heavy atom. The van der Waals surface area contributed by atoms with Crippen molar-refractivity contribution in [3.05, 3.63) is 52.3 Å². The highest BCUT2D eigenvalue weighted by atomic mass is 79.9. The molecule has 0 saturated heterocycles. The number of carbonyl (C=O) groups excluding carboxylic acids is 1. The Hall–Kier alpha value is -1.88. The average molecular weight is 390 g/mol. The van der Waals surface area contributed by atoms with Crippen LogP contribution >= 0.6 is 15.9 Å². The van der Waals surface area contributed by atoms with Gasteiger partial charge in [-0.3, -0.25) is 9.78 Å². The Bertz CT molecular complexity index is 697. The van der Waals surface area contributed by atoms with E-state index in [2.05, 4.69) is 46.1 Å². The fourth-order valence-corrected chi connectivity index (χ4v) is 3.13. The molecule has 24 heavy (non-hydrogen) atoms. The number of benzene rings is 1. The van der Waals surface area contributed by atoms with Crippen molar-refractivity contribution >= 4 is 33.2 Å². The molecule has 0 radical (unpaired) electrons. The van der Waals surface area contributed by atoms with Gasteiger partial charge >= 0.3 is 0 Å². The topological polar surface area (TPSA) is 45.2 Å². The molecular weight excluding hydrogens is 366 g/mol. The smallest absolute Gasteiger partial charge is 0.255 e. The van der Waals surface area contributed by atoms with E-state index in [1.54, 1.807) is 12.4 Å². The number of hydrogen-bond acceptors (Lipinski definition) is 3. The van der Waals surface area contributed by atoms with Gasteiger partial charge in [0.25, 0.3) is 5.91 Å². The number of nitrogens with zero attached hydrogens (tertiary/aromatic N) is 2. The summed E-state index contributed by atoms with van der Waals surface area (Å²) in [5.74, 6) is 0.0396. The maximum atomic E-state index is 12.7. The second-order valence-corrected chi connectivity index (χ2v) is 6.72. The quantitative estimate of drug-likeness (QED) is 0.711. The molecule has 4 nitrogen and oxygen atoms in total. The maximum Gasteiger partial charge on any atom is 0.255 e. The first-order chi connectivity index (χ1) is 11.5. The summed E-state index contributed by atoms with van der Waals surface area (Å²) in [7, 11) is 0. The van der Waals surface area contributed by atoms with Crippen LogP contribution in [0.4, 0.5) is 11.4 Å². The zero-order chi connectivity index (χ0) is 17.5. The zero-order valence-corrected chi connectivity index (χ0v) is 16.1. The molecule has 1 N–H and O–H groups in total. The zero-order valence-electron chi connectivity index (χ0n) is 14.5. The van der Waals surface area contributed by atoms with Crippen LogP contribution in [0.1, 0.15) is 42.6 Å². The Morgan fingerprint density at radius 2 is 1.88 bits per heavy atom. The van der Waals surface area contributed by atoms with Crippen LogP contribution in [0, 0.1) is 6.92 Å². The SMILES string of the molecule is CCCN(CCC)C(=O)c1cncc(Nc2ccc(C)cc2Br)c1. The standard InChI is InChI=1S/C19H24BrN3O/c1-4-8-23(9-5-2)19(24)15-11-16(13-21-12-15)22-18-7-6-14(3)10-17(18)20/h6-7,10-13,22H,4-5,8-9H2,1-3H3. The van der Waals surface area contributed by atoms with Crippen molar-refractivity contribution in [2.75, 3.05) is 18.4 Å². The maximum absolute atomic E-state index is 12.7. The number of nitrogens with one attached hydrogen (secondary N) is 1. The van der Waals surface area contributed by atoms with Crippen LogP contribution in [-0.2, 0) is 0 Å². The largest absolute Gasteiger partial charge is 0.353 e. The second-order valence-electron chi connectivity index (χ2n) is 5.86. The van der Waals surface area contributed by atoms with Crippen LogP contribution in [0.5, 0.6) is 0 Å². The third-order valence-corrected chi connectivity index (χ3v) is 4.32. The summed E-state index contributed by atoms with van der Waals surface area (Å²) in [5, 5.41) is 3.32. The molecule has 0 unspecified atom stereocenters. The molecule has 2 rings (SSSR count). The van der Waals surface area contributed by atoms with E-state index in [4.69, 9.17) is 0 Å². The first kappa shape index (κ1) is 18.5. The Labute approximate surface area is 152 Å². The minimum absolute atomic E-state index is 0.0396. The highest BCUT2D eigenvalue weighted by molar-refractivity contribution is 9.10. The first-order valence-electron chi connectivity index (χ1n) is 8.32. The van der Waals surface area contributed by atoms with Crippen molar-refractivity contribution in [1.82, 2.24) is 9.88 Å². The molecule has 0 aliphatic heterocycles. The molecule has 1 aromatic heterocycles. The van der Waals surface area contributed by atoms with Gasteiger partial charge < -0.3 is 10.2 Å². The molecule has 0 aliphatic carbocycles. The number of amides is 1. The lowest BCUT2D eigenvalue weighted by atomic mass is 10.2. The number of hydrogen-bond donors (Lipinski definition) is 1.